The van der Waals surface area contributed by atoms with Crippen molar-refractivity contribution in [3.05, 3.63) is 30.0 Å². The molecule has 5 nitrogen and oxygen atoms in total. The highest BCUT2D eigenvalue weighted by atomic mass is 16.5. The molecule has 0 unspecified atom stereocenters. The molecule has 1 aromatic carbocycles. The zero-order valence-corrected chi connectivity index (χ0v) is 9.24. The Morgan fingerprint density at radius 2 is 2.25 bits per heavy atom. The molecular formula is C11H14N4O. The molecule has 0 spiro atoms. The van der Waals surface area contributed by atoms with Crippen LogP contribution in [0.1, 0.15) is 5.56 Å². The highest BCUT2D eigenvalue weighted by Gasteiger charge is 2.08. The predicted molar refractivity (Wildman–Crippen MR) is 63.1 cm³/mol. The maximum absolute atomic E-state index is 5.30. The molecule has 4 N–H and O–H groups in total. The van der Waals surface area contributed by atoms with E-state index < -0.39 is 0 Å². The minimum Gasteiger partial charge on any atom is -0.496 e. The molecule has 5 heteroatoms. The number of methoxy groups -OCH3 is 1. The van der Waals surface area contributed by atoms with Crippen molar-refractivity contribution in [3.63, 3.8) is 0 Å². The van der Waals surface area contributed by atoms with E-state index in [1.54, 1.807) is 13.3 Å². The number of H-pyrrole nitrogens is 1. The summed E-state index contributed by atoms with van der Waals surface area (Å²) in [5.74, 6) is 6.60. The van der Waals surface area contributed by atoms with Crippen molar-refractivity contribution < 1.29 is 4.74 Å². The molecule has 16 heavy (non-hydrogen) atoms. The van der Waals surface area contributed by atoms with Crippen LogP contribution in [0.2, 0.25) is 0 Å². The number of hydrogen-bond donors (Lipinski definition) is 3. The average molecular weight is 218 g/mol. The van der Waals surface area contributed by atoms with E-state index in [0.717, 1.165) is 22.6 Å². The number of aryl methyl sites for hydroxylation is 1. The number of rotatable bonds is 3. The topological polar surface area (TPSA) is 76.0 Å². The van der Waals surface area contributed by atoms with Crippen LogP contribution in [0.15, 0.2) is 24.4 Å². The second-order valence-corrected chi connectivity index (χ2v) is 3.49. The van der Waals surface area contributed by atoms with Gasteiger partial charge in [-0.2, -0.15) is 0 Å². The van der Waals surface area contributed by atoms with Crippen LogP contribution in [0.25, 0.3) is 11.3 Å². The molecular weight excluding hydrogens is 204 g/mol. The standard InChI is InChI=1S/C11H14N4O/c1-7-3-4-10(16-2)8(5-7)9-6-13-11(14-9)15-12/h3-6H,12H2,1-2H3,(H2,13,14,15). The predicted octanol–water partition coefficient (Wildman–Crippen LogP) is 1.68. The van der Waals surface area contributed by atoms with Gasteiger partial charge in [-0.05, 0) is 19.1 Å². The molecule has 0 amide bonds. The number of nitrogens with two attached hydrogens (primary N) is 1. The van der Waals surface area contributed by atoms with Gasteiger partial charge in [-0.3, -0.25) is 5.43 Å². The van der Waals surface area contributed by atoms with Crippen LogP contribution in [0.4, 0.5) is 5.95 Å². The maximum Gasteiger partial charge on any atom is 0.215 e. The molecule has 0 aliphatic rings. The average Bonchev–Trinajstić information content (AvgIpc) is 2.77. The van der Waals surface area contributed by atoms with E-state index >= 15 is 0 Å². The summed E-state index contributed by atoms with van der Waals surface area (Å²) in [7, 11) is 1.65. The van der Waals surface area contributed by atoms with Crippen molar-refractivity contribution in [2.24, 2.45) is 5.84 Å². The summed E-state index contributed by atoms with van der Waals surface area (Å²) in [5.41, 5.74) is 5.46. The van der Waals surface area contributed by atoms with Crippen LogP contribution < -0.4 is 16.0 Å². The zero-order valence-electron chi connectivity index (χ0n) is 9.24. The van der Waals surface area contributed by atoms with E-state index in [1.807, 2.05) is 25.1 Å². The summed E-state index contributed by atoms with van der Waals surface area (Å²) < 4.78 is 5.30. The van der Waals surface area contributed by atoms with E-state index in [-0.39, 0.29) is 0 Å². The number of benzene rings is 1. The van der Waals surface area contributed by atoms with Gasteiger partial charge in [-0.15, -0.1) is 0 Å². The first kappa shape index (κ1) is 10.5. The first-order valence-electron chi connectivity index (χ1n) is 4.91. The first-order chi connectivity index (χ1) is 7.74. The monoisotopic (exact) mass is 218 g/mol. The van der Waals surface area contributed by atoms with E-state index in [9.17, 15) is 0 Å². The summed E-state index contributed by atoms with van der Waals surface area (Å²) >= 11 is 0. The number of nitrogen functional groups attached to an aromatic ring is 1. The Kier molecular flexibility index (Phi) is 2.78. The van der Waals surface area contributed by atoms with Gasteiger partial charge < -0.3 is 9.72 Å². The molecule has 2 aromatic rings. The van der Waals surface area contributed by atoms with Crippen molar-refractivity contribution in [2.75, 3.05) is 12.5 Å². The summed E-state index contributed by atoms with van der Waals surface area (Å²) in [5, 5.41) is 0. The minimum absolute atomic E-state index is 0.526. The zero-order chi connectivity index (χ0) is 11.5. The Hall–Kier alpha value is -2.01. The normalized spacial score (nSPS) is 10.2. The van der Waals surface area contributed by atoms with Gasteiger partial charge >= 0.3 is 0 Å². The fourth-order valence-electron chi connectivity index (χ4n) is 1.56. The lowest BCUT2D eigenvalue weighted by molar-refractivity contribution is 0.416. The molecule has 0 aliphatic heterocycles. The number of aromatic nitrogens is 2. The fourth-order valence-corrected chi connectivity index (χ4v) is 1.56. The van der Waals surface area contributed by atoms with Gasteiger partial charge in [0.2, 0.25) is 5.95 Å². The molecule has 84 valence electrons. The summed E-state index contributed by atoms with van der Waals surface area (Å²) in [4.78, 5) is 7.12. The van der Waals surface area contributed by atoms with Gasteiger partial charge in [0.25, 0.3) is 0 Å². The van der Waals surface area contributed by atoms with Crippen LogP contribution >= 0.6 is 0 Å². The molecule has 0 fully saturated rings. The van der Waals surface area contributed by atoms with Gasteiger partial charge in [0.1, 0.15) is 5.75 Å². The summed E-state index contributed by atoms with van der Waals surface area (Å²) in [6.45, 7) is 2.03. The molecule has 0 atom stereocenters. The molecule has 2 rings (SSSR count). The van der Waals surface area contributed by atoms with Gasteiger partial charge in [0.05, 0.1) is 19.0 Å². The highest BCUT2D eigenvalue weighted by molar-refractivity contribution is 5.68. The van der Waals surface area contributed by atoms with Crippen molar-refractivity contribution >= 4 is 5.95 Å². The van der Waals surface area contributed by atoms with Crippen molar-refractivity contribution in [1.82, 2.24) is 9.97 Å². The van der Waals surface area contributed by atoms with Crippen molar-refractivity contribution in [1.29, 1.82) is 0 Å². The van der Waals surface area contributed by atoms with Gasteiger partial charge in [-0.1, -0.05) is 11.6 Å². The minimum atomic E-state index is 0.526. The van der Waals surface area contributed by atoms with Gasteiger partial charge in [0, 0.05) is 5.56 Å². The number of hydrazine groups is 1. The number of ether oxygens (including phenoxy) is 1. The first-order valence-corrected chi connectivity index (χ1v) is 4.91. The third-order valence-corrected chi connectivity index (χ3v) is 2.36. The number of nitrogens with zero attached hydrogens (tertiary/aromatic N) is 1. The number of imidazole rings is 1. The molecule has 0 radical (unpaired) electrons. The van der Waals surface area contributed by atoms with Gasteiger partial charge in [-0.25, -0.2) is 10.8 Å². The number of aromatic amines is 1. The Labute approximate surface area is 93.6 Å². The molecule has 0 saturated carbocycles. The molecule has 0 saturated heterocycles. The van der Waals surface area contributed by atoms with E-state index in [4.69, 9.17) is 10.6 Å². The highest BCUT2D eigenvalue weighted by Crippen LogP contribution is 2.29. The smallest absolute Gasteiger partial charge is 0.215 e. The number of nitrogens with one attached hydrogen (secondary N) is 2. The van der Waals surface area contributed by atoms with E-state index in [1.165, 1.54) is 0 Å². The lowest BCUT2D eigenvalue weighted by Crippen LogP contribution is -2.07. The molecule has 0 aliphatic carbocycles. The van der Waals surface area contributed by atoms with Crippen LogP contribution in [0.5, 0.6) is 5.75 Å². The molecule has 0 bridgehead atoms. The summed E-state index contributed by atoms with van der Waals surface area (Å²) in [6.07, 6.45) is 1.71. The number of hydrogen-bond acceptors (Lipinski definition) is 4. The van der Waals surface area contributed by atoms with Crippen LogP contribution in [-0.4, -0.2) is 17.1 Å². The molecule has 1 heterocycles. The fraction of sp³-hybridized carbons (Fsp3) is 0.182. The SMILES string of the molecule is COc1ccc(C)cc1-c1cnc(NN)[nH]1. The second kappa shape index (κ2) is 4.24. The largest absolute Gasteiger partial charge is 0.496 e. The van der Waals surface area contributed by atoms with Crippen molar-refractivity contribution in [2.45, 2.75) is 6.92 Å². The van der Waals surface area contributed by atoms with E-state index in [2.05, 4.69) is 15.4 Å². The third kappa shape index (κ3) is 1.85. The quantitative estimate of drug-likeness (QED) is 0.541. The lowest BCUT2D eigenvalue weighted by Gasteiger charge is -2.07. The van der Waals surface area contributed by atoms with Crippen LogP contribution in [-0.2, 0) is 0 Å². The van der Waals surface area contributed by atoms with Crippen LogP contribution in [0.3, 0.4) is 0 Å². The van der Waals surface area contributed by atoms with E-state index in [0.29, 0.717) is 5.95 Å². The number of anilines is 1. The third-order valence-electron chi connectivity index (χ3n) is 2.36. The molecule has 1 aromatic heterocycles. The summed E-state index contributed by atoms with van der Waals surface area (Å²) in [6, 6.07) is 5.97. The van der Waals surface area contributed by atoms with Crippen molar-refractivity contribution in [3.8, 4) is 17.0 Å². The Bertz CT molecular complexity index is 492. The second-order valence-electron chi connectivity index (χ2n) is 3.49. The Balaban J connectivity index is 2.49. The van der Waals surface area contributed by atoms with Gasteiger partial charge in [0.15, 0.2) is 0 Å². The Morgan fingerprint density at radius 3 is 2.88 bits per heavy atom. The maximum atomic E-state index is 5.30. The lowest BCUT2D eigenvalue weighted by atomic mass is 10.1. The van der Waals surface area contributed by atoms with Crippen LogP contribution in [0, 0.1) is 6.92 Å². The Morgan fingerprint density at radius 1 is 1.44 bits per heavy atom.